The van der Waals surface area contributed by atoms with Crippen LogP contribution in [-0.4, -0.2) is 60.5 Å². The molecule has 0 bridgehead atoms. The predicted molar refractivity (Wildman–Crippen MR) is 101 cm³/mol. The Hall–Kier alpha value is -1.14. The number of aliphatic imine (C=N–C) groups is 1. The van der Waals surface area contributed by atoms with E-state index in [2.05, 4.69) is 53.3 Å². The standard InChI is InChI=1S/C17H33N5S/c1-6-18-17(19-11-9-10-12-22(7-2)8-3)21(5)13-16-14-23-15(4)20-16/h14H,6-13H2,1-5H3,(H,18,19). The molecule has 0 unspecified atom stereocenters. The van der Waals surface area contributed by atoms with E-state index in [1.807, 2.05) is 6.92 Å². The quantitative estimate of drug-likeness (QED) is 0.404. The van der Waals surface area contributed by atoms with Crippen molar-refractivity contribution in [1.82, 2.24) is 20.1 Å². The lowest BCUT2D eigenvalue weighted by atomic mass is 10.3. The molecule has 0 saturated carbocycles. The summed E-state index contributed by atoms with van der Waals surface area (Å²) in [6, 6.07) is 0. The number of hydrogen-bond acceptors (Lipinski definition) is 4. The minimum absolute atomic E-state index is 0.801. The zero-order valence-electron chi connectivity index (χ0n) is 15.4. The van der Waals surface area contributed by atoms with E-state index in [9.17, 15) is 0 Å². The number of rotatable bonds is 10. The molecule has 0 saturated heterocycles. The highest BCUT2D eigenvalue weighted by molar-refractivity contribution is 7.09. The molecule has 1 heterocycles. The van der Waals surface area contributed by atoms with Crippen LogP contribution in [0.15, 0.2) is 10.4 Å². The van der Waals surface area contributed by atoms with Gasteiger partial charge in [-0.15, -0.1) is 11.3 Å². The number of nitrogens with zero attached hydrogens (tertiary/aromatic N) is 4. The highest BCUT2D eigenvalue weighted by Gasteiger charge is 2.08. The molecule has 1 aromatic rings. The predicted octanol–water partition coefficient (Wildman–Crippen LogP) is 2.97. The first kappa shape index (κ1) is 19.9. The molecule has 23 heavy (non-hydrogen) atoms. The third-order valence-electron chi connectivity index (χ3n) is 3.80. The summed E-state index contributed by atoms with van der Waals surface area (Å²) in [4.78, 5) is 13.9. The van der Waals surface area contributed by atoms with Crippen LogP contribution in [0.25, 0.3) is 0 Å². The Labute approximate surface area is 145 Å². The molecule has 0 amide bonds. The van der Waals surface area contributed by atoms with Crippen LogP contribution in [0, 0.1) is 6.92 Å². The lowest BCUT2D eigenvalue weighted by Crippen LogP contribution is -2.38. The molecule has 0 aromatic carbocycles. The fourth-order valence-corrected chi connectivity index (χ4v) is 3.04. The summed E-state index contributed by atoms with van der Waals surface area (Å²) in [6.07, 6.45) is 2.34. The Morgan fingerprint density at radius 3 is 2.57 bits per heavy atom. The second-order valence-electron chi connectivity index (χ2n) is 5.68. The van der Waals surface area contributed by atoms with Gasteiger partial charge in [-0.3, -0.25) is 4.99 Å². The Morgan fingerprint density at radius 2 is 2.00 bits per heavy atom. The van der Waals surface area contributed by atoms with E-state index in [1.54, 1.807) is 11.3 Å². The van der Waals surface area contributed by atoms with Crippen molar-refractivity contribution < 1.29 is 0 Å². The summed E-state index contributed by atoms with van der Waals surface area (Å²) < 4.78 is 0. The molecule has 1 aromatic heterocycles. The van der Waals surface area contributed by atoms with Crippen LogP contribution >= 0.6 is 11.3 Å². The second-order valence-corrected chi connectivity index (χ2v) is 6.75. The number of unbranched alkanes of at least 4 members (excludes halogenated alkanes) is 1. The Balaban J connectivity index is 2.42. The van der Waals surface area contributed by atoms with E-state index in [0.29, 0.717) is 0 Å². The van der Waals surface area contributed by atoms with Crippen LogP contribution in [0.3, 0.4) is 0 Å². The van der Waals surface area contributed by atoms with E-state index >= 15 is 0 Å². The number of guanidine groups is 1. The molecule has 0 fully saturated rings. The minimum Gasteiger partial charge on any atom is -0.357 e. The monoisotopic (exact) mass is 339 g/mol. The molecular weight excluding hydrogens is 306 g/mol. The SMILES string of the molecule is CCNC(=NCCCCN(CC)CC)N(C)Cc1csc(C)n1. The van der Waals surface area contributed by atoms with Crippen LogP contribution in [-0.2, 0) is 6.54 Å². The number of aryl methyl sites for hydroxylation is 1. The fraction of sp³-hybridized carbons (Fsp3) is 0.765. The molecule has 5 nitrogen and oxygen atoms in total. The Kier molecular flexibility index (Phi) is 9.87. The van der Waals surface area contributed by atoms with Crippen molar-refractivity contribution in [3.05, 3.63) is 16.1 Å². The van der Waals surface area contributed by atoms with E-state index in [-0.39, 0.29) is 0 Å². The van der Waals surface area contributed by atoms with Gasteiger partial charge < -0.3 is 15.1 Å². The topological polar surface area (TPSA) is 43.8 Å². The van der Waals surface area contributed by atoms with Crippen LogP contribution in [0.5, 0.6) is 0 Å². The first-order valence-electron chi connectivity index (χ1n) is 8.73. The largest absolute Gasteiger partial charge is 0.357 e. The minimum atomic E-state index is 0.801. The van der Waals surface area contributed by atoms with Crippen molar-refractivity contribution in [3.63, 3.8) is 0 Å². The average Bonchev–Trinajstić information content (AvgIpc) is 2.94. The van der Waals surface area contributed by atoms with Gasteiger partial charge in [0.1, 0.15) is 0 Å². The number of thiazole rings is 1. The van der Waals surface area contributed by atoms with Crippen molar-refractivity contribution in [1.29, 1.82) is 0 Å². The summed E-state index contributed by atoms with van der Waals surface area (Å²) in [5.74, 6) is 0.973. The van der Waals surface area contributed by atoms with Gasteiger partial charge in [-0.05, 0) is 46.3 Å². The van der Waals surface area contributed by atoms with E-state index in [1.165, 1.54) is 13.0 Å². The molecule has 0 aliphatic rings. The zero-order valence-corrected chi connectivity index (χ0v) is 16.2. The van der Waals surface area contributed by atoms with Gasteiger partial charge in [0.2, 0.25) is 0 Å². The van der Waals surface area contributed by atoms with Crippen molar-refractivity contribution >= 4 is 17.3 Å². The number of hydrogen-bond donors (Lipinski definition) is 1. The van der Waals surface area contributed by atoms with Gasteiger partial charge in [-0.1, -0.05) is 13.8 Å². The van der Waals surface area contributed by atoms with Crippen molar-refractivity contribution in [3.8, 4) is 0 Å². The van der Waals surface area contributed by atoms with Crippen LogP contribution in [0.2, 0.25) is 0 Å². The lowest BCUT2D eigenvalue weighted by molar-refractivity contribution is 0.297. The molecule has 1 rings (SSSR count). The van der Waals surface area contributed by atoms with E-state index < -0.39 is 0 Å². The molecule has 6 heteroatoms. The molecule has 0 aliphatic heterocycles. The molecule has 0 radical (unpaired) electrons. The van der Waals surface area contributed by atoms with E-state index in [4.69, 9.17) is 4.99 Å². The third kappa shape index (κ3) is 7.79. The van der Waals surface area contributed by atoms with Gasteiger partial charge in [-0.25, -0.2) is 4.98 Å². The summed E-state index contributed by atoms with van der Waals surface area (Å²) in [6.45, 7) is 14.6. The molecule has 0 atom stereocenters. The first-order valence-corrected chi connectivity index (χ1v) is 9.61. The zero-order chi connectivity index (χ0) is 17.1. The summed E-state index contributed by atoms with van der Waals surface area (Å²) in [7, 11) is 2.08. The lowest BCUT2D eigenvalue weighted by Gasteiger charge is -2.21. The van der Waals surface area contributed by atoms with Crippen LogP contribution in [0.1, 0.15) is 44.3 Å². The van der Waals surface area contributed by atoms with E-state index in [0.717, 1.165) is 55.8 Å². The first-order chi connectivity index (χ1) is 11.1. The molecular formula is C17H33N5S. The van der Waals surface area contributed by atoms with Gasteiger partial charge in [0.15, 0.2) is 5.96 Å². The molecule has 0 aliphatic carbocycles. The van der Waals surface area contributed by atoms with Gasteiger partial charge in [-0.2, -0.15) is 0 Å². The summed E-state index contributed by atoms with van der Waals surface area (Å²) in [5, 5.41) is 6.61. The van der Waals surface area contributed by atoms with Crippen LogP contribution in [0.4, 0.5) is 0 Å². The highest BCUT2D eigenvalue weighted by Crippen LogP contribution is 2.09. The highest BCUT2D eigenvalue weighted by atomic mass is 32.1. The summed E-state index contributed by atoms with van der Waals surface area (Å²) in [5.41, 5.74) is 1.11. The van der Waals surface area contributed by atoms with Crippen LogP contribution < -0.4 is 5.32 Å². The summed E-state index contributed by atoms with van der Waals surface area (Å²) >= 11 is 1.70. The maximum absolute atomic E-state index is 4.75. The van der Waals surface area contributed by atoms with Gasteiger partial charge in [0.05, 0.1) is 17.2 Å². The third-order valence-corrected chi connectivity index (χ3v) is 4.62. The molecule has 1 N–H and O–H groups in total. The number of nitrogens with one attached hydrogen (secondary N) is 1. The molecule has 0 spiro atoms. The van der Waals surface area contributed by atoms with Gasteiger partial charge in [0, 0.05) is 25.5 Å². The van der Waals surface area contributed by atoms with Crippen molar-refractivity contribution in [2.45, 2.75) is 47.1 Å². The Bertz CT molecular complexity index is 454. The fourth-order valence-electron chi connectivity index (χ4n) is 2.44. The maximum Gasteiger partial charge on any atom is 0.194 e. The Morgan fingerprint density at radius 1 is 1.26 bits per heavy atom. The smallest absolute Gasteiger partial charge is 0.194 e. The van der Waals surface area contributed by atoms with Gasteiger partial charge >= 0.3 is 0 Å². The normalized spacial score (nSPS) is 12.0. The van der Waals surface area contributed by atoms with Crippen molar-refractivity contribution in [2.75, 3.05) is 39.8 Å². The van der Waals surface area contributed by atoms with Gasteiger partial charge in [0.25, 0.3) is 0 Å². The number of aromatic nitrogens is 1. The molecule has 132 valence electrons. The second kappa shape index (κ2) is 11.4. The maximum atomic E-state index is 4.75. The van der Waals surface area contributed by atoms with Crippen molar-refractivity contribution in [2.24, 2.45) is 4.99 Å². The average molecular weight is 340 g/mol.